The van der Waals surface area contributed by atoms with Crippen LogP contribution in [0.5, 0.6) is 0 Å². The summed E-state index contributed by atoms with van der Waals surface area (Å²) in [5.41, 5.74) is 0.375. The first-order valence-electron chi connectivity index (χ1n) is 7.17. The van der Waals surface area contributed by atoms with Crippen molar-refractivity contribution in [2.75, 3.05) is 11.9 Å². The Morgan fingerprint density at radius 1 is 1.36 bits per heavy atom. The van der Waals surface area contributed by atoms with Gasteiger partial charge in [-0.15, -0.1) is 0 Å². The maximum Gasteiger partial charge on any atom is 0.435 e. The number of alkyl halides is 3. The van der Waals surface area contributed by atoms with E-state index in [2.05, 4.69) is 23.0 Å². The first-order chi connectivity index (χ1) is 11.6. The van der Waals surface area contributed by atoms with Gasteiger partial charge in [-0.2, -0.15) is 30.9 Å². The SMILES string of the molecule is CC(=N)/C(=C\S)CNc1ccc(-c2cc(C(F)(F)F)nn2C)c(F)c1. The van der Waals surface area contributed by atoms with Gasteiger partial charge in [0, 0.05) is 30.6 Å². The minimum absolute atomic E-state index is 0.0178. The van der Waals surface area contributed by atoms with E-state index in [1.54, 1.807) is 13.0 Å². The Kier molecular flexibility index (Phi) is 5.56. The Bertz CT molecular complexity index is 824. The molecule has 1 aromatic carbocycles. The molecule has 1 aromatic heterocycles. The molecular formula is C16H16F4N4S. The van der Waals surface area contributed by atoms with Crippen LogP contribution >= 0.6 is 12.6 Å². The third-order valence-corrected chi connectivity index (χ3v) is 3.85. The van der Waals surface area contributed by atoms with Crippen LogP contribution in [0.25, 0.3) is 11.3 Å². The molecule has 0 fully saturated rings. The summed E-state index contributed by atoms with van der Waals surface area (Å²) in [6.45, 7) is 1.88. The molecule has 2 N–H and O–H groups in total. The van der Waals surface area contributed by atoms with Crippen LogP contribution < -0.4 is 5.32 Å². The lowest BCUT2D eigenvalue weighted by Crippen LogP contribution is -2.10. The highest BCUT2D eigenvalue weighted by Crippen LogP contribution is 2.32. The molecule has 0 aliphatic carbocycles. The quantitative estimate of drug-likeness (QED) is 0.411. The summed E-state index contributed by atoms with van der Waals surface area (Å²) in [6, 6.07) is 4.93. The van der Waals surface area contributed by atoms with Crippen LogP contribution in [0.1, 0.15) is 12.6 Å². The smallest absolute Gasteiger partial charge is 0.381 e. The third kappa shape index (κ3) is 4.41. The predicted molar refractivity (Wildman–Crippen MR) is 92.6 cm³/mol. The Labute approximate surface area is 147 Å². The molecule has 9 heteroatoms. The summed E-state index contributed by atoms with van der Waals surface area (Å²) in [4.78, 5) is 0. The van der Waals surface area contributed by atoms with Gasteiger partial charge in [0.1, 0.15) is 5.82 Å². The van der Waals surface area contributed by atoms with E-state index in [1.165, 1.54) is 24.6 Å². The van der Waals surface area contributed by atoms with Gasteiger partial charge in [0.15, 0.2) is 5.69 Å². The number of hydrogen-bond donors (Lipinski definition) is 3. The molecule has 0 saturated carbocycles. The molecular weight excluding hydrogens is 356 g/mol. The molecule has 0 saturated heterocycles. The lowest BCUT2D eigenvalue weighted by molar-refractivity contribution is -0.141. The van der Waals surface area contributed by atoms with E-state index in [1.807, 2.05) is 0 Å². The summed E-state index contributed by atoms with van der Waals surface area (Å²) in [6.07, 6.45) is -4.59. The number of hydrogen-bond acceptors (Lipinski definition) is 4. The lowest BCUT2D eigenvalue weighted by atomic mass is 10.1. The number of anilines is 1. The fraction of sp³-hybridized carbons (Fsp3) is 0.250. The molecule has 0 aliphatic heterocycles. The summed E-state index contributed by atoms with van der Waals surface area (Å²) in [5.74, 6) is -0.676. The van der Waals surface area contributed by atoms with E-state index in [4.69, 9.17) is 5.41 Å². The monoisotopic (exact) mass is 372 g/mol. The standard InChI is InChI=1S/C16H16F4N4S/c1-9(21)10(8-25)7-22-11-3-4-12(13(17)5-11)14-6-15(16(18,19)20)23-24(14)2/h3-6,8,21-22,25H,7H2,1-2H3/b10-8-,21-9?. The summed E-state index contributed by atoms with van der Waals surface area (Å²) in [7, 11) is 1.33. The fourth-order valence-corrected chi connectivity index (χ4v) is 2.45. The molecule has 0 aliphatic rings. The number of nitrogens with one attached hydrogen (secondary N) is 2. The van der Waals surface area contributed by atoms with Crippen LogP contribution in [0.3, 0.4) is 0 Å². The Morgan fingerprint density at radius 3 is 2.52 bits per heavy atom. The first-order valence-corrected chi connectivity index (χ1v) is 7.69. The van der Waals surface area contributed by atoms with Crippen LogP contribution in [0.15, 0.2) is 35.2 Å². The third-order valence-electron chi connectivity index (χ3n) is 3.54. The van der Waals surface area contributed by atoms with Gasteiger partial charge in [-0.05, 0) is 42.2 Å². The van der Waals surface area contributed by atoms with E-state index in [0.29, 0.717) is 17.0 Å². The van der Waals surface area contributed by atoms with Crippen LogP contribution in [0.4, 0.5) is 23.2 Å². The van der Waals surface area contributed by atoms with Crippen LogP contribution in [0, 0.1) is 11.2 Å². The molecule has 1 heterocycles. The summed E-state index contributed by atoms with van der Waals surface area (Å²) < 4.78 is 53.5. The predicted octanol–water partition coefficient (Wildman–Crippen LogP) is 4.51. The van der Waals surface area contributed by atoms with E-state index in [0.717, 1.165) is 10.7 Å². The Morgan fingerprint density at radius 2 is 2.04 bits per heavy atom. The Balaban J connectivity index is 2.26. The zero-order chi connectivity index (χ0) is 18.8. The number of nitrogens with zero attached hydrogens (tertiary/aromatic N) is 2. The highest BCUT2D eigenvalue weighted by Gasteiger charge is 2.34. The van der Waals surface area contributed by atoms with Gasteiger partial charge in [-0.1, -0.05) is 0 Å². The number of benzene rings is 1. The maximum absolute atomic E-state index is 14.4. The van der Waals surface area contributed by atoms with Gasteiger partial charge >= 0.3 is 6.18 Å². The number of rotatable bonds is 5. The van der Waals surface area contributed by atoms with Crippen molar-refractivity contribution in [2.24, 2.45) is 7.05 Å². The van der Waals surface area contributed by atoms with Crippen molar-refractivity contribution in [2.45, 2.75) is 13.1 Å². The van der Waals surface area contributed by atoms with Gasteiger partial charge in [0.05, 0.1) is 5.69 Å². The van der Waals surface area contributed by atoms with E-state index < -0.39 is 17.7 Å². The first kappa shape index (κ1) is 19.0. The second-order valence-corrected chi connectivity index (χ2v) is 5.62. The molecule has 0 amide bonds. The van der Waals surface area contributed by atoms with Crippen molar-refractivity contribution in [1.82, 2.24) is 9.78 Å². The van der Waals surface area contributed by atoms with Crippen molar-refractivity contribution in [3.8, 4) is 11.3 Å². The van der Waals surface area contributed by atoms with Gasteiger partial charge in [-0.25, -0.2) is 4.39 Å². The van der Waals surface area contributed by atoms with E-state index in [9.17, 15) is 17.6 Å². The summed E-state index contributed by atoms with van der Waals surface area (Å²) >= 11 is 4.00. The topological polar surface area (TPSA) is 53.7 Å². The average molecular weight is 372 g/mol. The van der Waals surface area contributed by atoms with Crippen molar-refractivity contribution < 1.29 is 17.6 Å². The Hall–Kier alpha value is -2.29. The molecule has 134 valence electrons. The van der Waals surface area contributed by atoms with Gasteiger partial charge in [0.2, 0.25) is 0 Å². The van der Waals surface area contributed by atoms with Crippen molar-refractivity contribution in [3.05, 3.63) is 46.8 Å². The van der Waals surface area contributed by atoms with Crippen LogP contribution in [-0.4, -0.2) is 22.0 Å². The largest absolute Gasteiger partial charge is 0.435 e. The van der Waals surface area contributed by atoms with Gasteiger partial charge < -0.3 is 10.7 Å². The lowest BCUT2D eigenvalue weighted by Gasteiger charge is -2.10. The minimum atomic E-state index is -4.59. The van der Waals surface area contributed by atoms with Gasteiger partial charge in [-0.3, -0.25) is 4.68 Å². The normalized spacial score (nSPS) is 12.4. The fourth-order valence-electron chi connectivity index (χ4n) is 2.16. The molecule has 0 atom stereocenters. The zero-order valence-electron chi connectivity index (χ0n) is 13.4. The number of halogens is 4. The average Bonchev–Trinajstić information content (AvgIpc) is 2.89. The van der Waals surface area contributed by atoms with Crippen molar-refractivity contribution >= 4 is 24.0 Å². The minimum Gasteiger partial charge on any atom is -0.381 e. The molecule has 4 nitrogen and oxygen atoms in total. The zero-order valence-corrected chi connectivity index (χ0v) is 14.3. The highest BCUT2D eigenvalue weighted by atomic mass is 32.1. The molecule has 2 rings (SSSR count). The van der Waals surface area contributed by atoms with Gasteiger partial charge in [0.25, 0.3) is 0 Å². The number of aryl methyl sites for hydroxylation is 1. The summed E-state index contributed by atoms with van der Waals surface area (Å²) in [5, 5.41) is 15.4. The van der Waals surface area contributed by atoms with E-state index >= 15 is 0 Å². The molecule has 0 spiro atoms. The van der Waals surface area contributed by atoms with Crippen molar-refractivity contribution in [3.63, 3.8) is 0 Å². The molecule has 2 aromatic rings. The van der Waals surface area contributed by atoms with Crippen LogP contribution in [-0.2, 0) is 13.2 Å². The molecule has 0 unspecified atom stereocenters. The molecule has 0 radical (unpaired) electrons. The highest BCUT2D eigenvalue weighted by molar-refractivity contribution is 7.83. The van der Waals surface area contributed by atoms with E-state index in [-0.39, 0.29) is 17.8 Å². The number of aromatic nitrogens is 2. The molecule has 0 bridgehead atoms. The second kappa shape index (κ2) is 7.30. The second-order valence-electron chi connectivity index (χ2n) is 5.36. The number of thiol groups is 1. The van der Waals surface area contributed by atoms with Crippen molar-refractivity contribution in [1.29, 1.82) is 5.41 Å². The van der Waals surface area contributed by atoms with Crippen LogP contribution in [0.2, 0.25) is 0 Å². The molecule has 25 heavy (non-hydrogen) atoms. The maximum atomic E-state index is 14.4.